The highest BCUT2D eigenvalue weighted by Crippen LogP contribution is 2.40. The number of rotatable bonds is 2. The highest BCUT2D eigenvalue weighted by atomic mass is 35.5. The van der Waals surface area contributed by atoms with Crippen molar-refractivity contribution in [1.82, 2.24) is 0 Å². The van der Waals surface area contributed by atoms with E-state index in [0.29, 0.717) is 0 Å². The van der Waals surface area contributed by atoms with Gasteiger partial charge in [0, 0.05) is 0 Å². The Kier molecular flexibility index (Phi) is 3.53. The molecule has 0 saturated heterocycles. The van der Waals surface area contributed by atoms with Crippen molar-refractivity contribution in [2.75, 3.05) is 0 Å². The predicted octanol–water partition coefficient (Wildman–Crippen LogP) is 1.77. The van der Waals surface area contributed by atoms with Gasteiger partial charge < -0.3 is 10.2 Å². The van der Waals surface area contributed by atoms with Crippen molar-refractivity contribution >= 4 is 33.0 Å². The maximum absolute atomic E-state index is 12.3. The molecule has 0 unspecified atom stereocenters. The molecule has 7 heteroatoms. The lowest BCUT2D eigenvalue weighted by molar-refractivity contribution is -0.121. The standard InChI is InChI=1S/C12H10Cl2O4S/c13-11(14)8-10(6-7-12(11,15)16)19(17,18)9-4-2-1-3-5-9/h1-8,15-16H. The highest BCUT2D eigenvalue weighted by molar-refractivity contribution is 7.95. The van der Waals surface area contributed by atoms with Crippen molar-refractivity contribution in [2.45, 2.75) is 15.0 Å². The van der Waals surface area contributed by atoms with E-state index in [9.17, 15) is 18.6 Å². The van der Waals surface area contributed by atoms with Crippen LogP contribution in [-0.4, -0.2) is 28.8 Å². The van der Waals surface area contributed by atoms with Gasteiger partial charge >= 0.3 is 0 Å². The predicted molar refractivity (Wildman–Crippen MR) is 72.5 cm³/mol. The van der Waals surface area contributed by atoms with Gasteiger partial charge in [0.05, 0.1) is 9.80 Å². The zero-order valence-corrected chi connectivity index (χ0v) is 11.8. The van der Waals surface area contributed by atoms with Crippen LogP contribution in [0.2, 0.25) is 0 Å². The van der Waals surface area contributed by atoms with Gasteiger partial charge in [-0.3, -0.25) is 0 Å². The monoisotopic (exact) mass is 320 g/mol. The lowest BCUT2D eigenvalue weighted by Gasteiger charge is -2.32. The van der Waals surface area contributed by atoms with E-state index in [-0.39, 0.29) is 9.80 Å². The molecule has 0 aliphatic heterocycles. The molecular formula is C12H10Cl2O4S. The molecule has 1 aromatic rings. The summed E-state index contributed by atoms with van der Waals surface area (Å²) >= 11 is 11.5. The molecule has 102 valence electrons. The van der Waals surface area contributed by atoms with Crippen molar-refractivity contribution in [1.29, 1.82) is 0 Å². The largest absolute Gasteiger partial charge is 0.360 e. The minimum atomic E-state index is -3.80. The summed E-state index contributed by atoms with van der Waals surface area (Å²) in [5.41, 5.74) is 0. The van der Waals surface area contributed by atoms with Crippen LogP contribution in [0.1, 0.15) is 0 Å². The maximum Gasteiger partial charge on any atom is 0.221 e. The van der Waals surface area contributed by atoms with Crippen LogP contribution in [0.25, 0.3) is 0 Å². The molecule has 0 heterocycles. The smallest absolute Gasteiger partial charge is 0.221 e. The van der Waals surface area contributed by atoms with Gasteiger partial charge in [0.25, 0.3) is 0 Å². The molecule has 1 aliphatic rings. The van der Waals surface area contributed by atoms with Gasteiger partial charge in [-0.1, -0.05) is 41.4 Å². The van der Waals surface area contributed by atoms with Crippen molar-refractivity contribution < 1.29 is 18.6 Å². The van der Waals surface area contributed by atoms with Crippen LogP contribution in [0.3, 0.4) is 0 Å². The Hall–Kier alpha value is -0.850. The van der Waals surface area contributed by atoms with Gasteiger partial charge in [-0.05, 0) is 30.4 Å². The topological polar surface area (TPSA) is 74.6 Å². The normalized spacial score (nSPS) is 20.9. The molecule has 0 amide bonds. The van der Waals surface area contributed by atoms with E-state index in [1.165, 1.54) is 12.1 Å². The lowest BCUT2D eigenvalue weighted by atomic mass is 10.1. The van der Waals surface area contributed by atoms with Gasteiger partial charge in [0.15, 0.2) is 4.33 Å². The number of hydrogen-bond donors (Lipinski definition) is 2. The molecule has 0 atom stereocenters. The van der Waals surface area contributed by atoms with E-state index in [4.69, 9.17) is 23.2 Å². The molecule has 0 saturated carbocycles. The van der Waals surface area contributed by atoms with Crippen LogP contribution in [0.4, 0.5) is 0 Å². The van der Waals surface area contributed by atoms with Crippen molar-refractivity contribution in [3.05, 3.63) is 53.5 Å². The summed E-state index contributed by atoms with van der Waals surface area (Å²) in [6.07, 6.45) is 2.80. The summed E-state index contributed by atoms with van der Waals surface area (Å²) in [5.74, 6) is -2.52. The third kappa shape index (κ3) is 2.57. The molecule has 2 N–H and O–H groups in total. The third-order valence-corrected chi connectivity index (χ3v) is 5.20. The van der Waals surface area contributed by atoms with Crippen molar-refractivity contribution in [2.24, 2.45) is 0 Å². The minimum absolute atomic E-state index is 0.0680. The third-order valence-electron chi connectivity index (χ3n) is 2.66. The highest BCUT2D eigenvalue weighted by Gasteiger charge is 2.47. The number of halogens is 2. The van der Waals surface area contributed by atoms with E-state index in [2.05, 4.69) is 0 Å². The number of allylic oxidation sites excluding steroid dienone is 1. The van der Waals surface area contributed by atoms with E-state index in [0.717, 1.165) is 18.2 Å². The van der Waals surface area contributed by atoms with E-state index in [1.807, 2.05) is 0 Å². The van der Waals surface area contributed by atoms with Crippen LogP contribution < -0.4 is 0 Å². The average molecular weight is 321 g/mol. The Morgan fingerprint density at radius 2 is 1.63 bits per heavy atom. The molecule has 0 aromatic heterocycles. The molecule has 2 rings (SSSR count). The first-order valence-corrected chi connectivity index (χ1v) is 7.45. The number of benzene rings is 1. The summed E-state index contributed by atoms with van der Waals surface area (Å²) in [4.78, 5) is -0.124. The van der Waals surface area contributed by atoms with Crippen LogP contribution in [0, 0.1) is 0 Å². The second-order valence-corrected chi connectivity index (χ2v) is 7.38. The quantitative estimate of drug-likeness (QED) is 0.643. The summed E-state index contributed by atoms with van der Waals surface area (Å²) in [6.45, 7) is 0. The summed E-state index contributed by atoms with van der Waals surface area (Å²) < 4.78 is 22.4. The van der Waals surface area contributed by atoms with Crippen molar-refractivity contribution in [3.8, 4) is 0 Å². The first kappa shape index (κ1) is 14.6. The molecule has 19 heavy (non-hydrogen) atoms. The summed E-state index contributed by atoms with van der Waals surface area (Å²) in [7, 11) is -3.80. The first-order valence-electron chi connectivity index (χ1n) is 5.22. The molecule has 1 aromatic carbocycles. The molecule has 0 bridgehead atoms. The lowest BCUT2D eigenvalue weighted by Crippen LogP contribution is -2.45. The van der Waals surface area contributed by atoms with Crippen LogP contribution in [0.15, 0.2) is 58.4 Å². The van der Waals surface area contributed by atoms with Gasteiger partial charge in [0.2, 0.25) is 15.6 Å². The zero-order valence-electron chi connectivity index (χ0n) is 9.49. The fraction of sp³-hybridized carbons (Fsp3) is 0.167. The Morgan fingerprint density at radius 1 is 1.05 bits per heavy atom. The van der Waals surface area contributed by atoms with E-state index >= 15 is 0 Å². The van der Waals surface area contributed by atoms with E-state index in [1.54, 1.807) is 18.2 Å². The van der Waals surface area contributed by atoms with E-state index < -0.39 is 20.0 Å². The van der Waals surface area contributed by atoms with Crippen molar-refractivity contribution in [3.63, 3.8) is 0 Å². The van der Waals surface area contributed by atoms with Gasteiger partial charge in [-0.25, -0.2) is 8.42 Å². The molecule has 0 spiro atoms. The fourth-order valence-corrected chi connectivity index (χ4v) is 3.40. The Bertz CT molecular complexity index is 646. The summed E-state index contributed by atoms with van der Waals surface area (Å²) in [5, 5.41) is 19.0. The Balaban J connectivity index is 2.51. The maximum atomic E-state index is 12.3. The summed E-state index contributed by atoms with van der Waals surface area (Å²) in [6, 6.07) is 7.69. The second-order valence-electron chi connectivity index (χ2n) is 4.05. The zero-order chi connectivity index (χ0) is 14.3. The minimum Gasteiger partial charge on any atom is -0.360 e. The van der Waals surface area contributed by atoms with Crippen LogP contribution >= 0.6 is 23.2 Å². The van der Waals surface area contributed by atoms with Gasteiger partial charge in [-0.2, -0.15) is 0 Å². The number of sulfone groups is 1. The first-order chi connectivity index (χ1) is 8.67. The molecule has 1 aliphatic carbocycles. The van der Waals surface area contributed by atoms with Crippen LogP contribution in [0.5, 0.6) is 0 Å². The molecule has 0 fully saturated rings. The molecule has 4 nitrogen and oxygen atoms in total. The Morgan fingerprint density at radius 3 is 2.16 bits per heavy atom. The fourth-order valence-electron chi connectivity index (χ4n) is 1.55. The number of hydrogen-bond acceptors (Lipinski definition) is 4. The molecule has 0 radical (unpaired) electrons. The van der Waals surface area contributed by atoms with Crippen LogP contribution in [-0.2, 0) is 9.84 Å². The average Bonchev–Trinajstić information content (AvgIpc) is 2.34. The molecular weight excluding hydrogens is 311 g/mol. The number of alkyl halides is 2. The van der Waals surface area contributed by atoms with Gasteiger partial charge in [-0.15, -0.1) is 0 Å². The van der Waals surface area contributed by atoms with Gasteiger partial charge in [0.1, 0.15) is 0 Å². The number of aliphatic hydroxyl groups is 2. The SMILES string of the molecule is O=S(=O)(C1=CC(Cl)(Cl)C(O)(O)C=C1)c1ccccc1. The Labute approximate surface area is 120 Å². The second kappa shape index (κ2) is 4.61.